The number of hydrogen-bond acceptors (Lipinski definition) is 3. The first-order chi connectivity index (χ1) is 10.2. The van der Waals surface area contributed by atoms with E-state index in [1.165, 1.54) is 0 Å². The molecule has 0 bridgehead atoms. The average molecular weight is 282 g/mol. The van der Waals surface area contributed by atoms with Crippen molar-refractivity contribution in [3.63, 3.8) is 0 Å². The van der Waals surface area contributed by atoms with Gasteiger partial charge in [-0.2, -0.15) is 5.10 Å². The molecule has 0 saturated carbocycles. The molecule has 1 N–H and O–H groups in total. The highest BCUT2D eigenvalue weighted by Crippen LogP contribution is 2.12. The molecule has 110 valence electrons. The summed E-state index contributed by atoms with van der Waals surface area (Å²) in [4.78, 5) is 0. The van der Waals surface area contributed by atoms with E-state index < -0.39 is 0 Å². The fourth-order valence-electron chi connectivity index (χ4n) is 1.76. The highest BCUT2D eigenvalue weighted by molar-refractivity contribution is 5.80. The van der Waals surface area contributed by atoms with Crippen LogP contribution >= 0.6 is 0 Å². The summed E-state index contributed by atoms with van der Waals surface area (Å²) in [5.74, 6) is 1.57. The van der Waals surface area contributed by atoms with Crippen LogP contribution < -0.4 is 10.2 Å². The van der Waals surface area contributed by atoms with Crippen molar-refractivity contribution in [2.24, 2.45) is 11.0 Å². The summed E-state index contributed by atoms with van der Waals surface area (Å²) in [6, 6.07) is 17.8. The molecule has 0 unspecified atom stereocenters. The minimum atomic E-state index is 0.667. The van der Waals surface area contributed by atoms with Gasteiger partial charge in [-0.15, -0.1) is 0 Å². The van der Waals surface area contributed by atoms with Crippen molar-refractivity contribution in [3.05, 3.63) is 60.2 Å². The van der Waals surface area contributed by atoms with E-state index in [1.54, 1.807) is 6.21 Å². The van der Waals surface area contributed by atoms with Crippen LogP contribution in [0.4, 0.5) is 5.69 Å². The molecule has 0 fully saturated rings. The van der Waals surface area contributed by atoms with Crippen molar-refractivity contribution in [2.75, 3.05) is 12.0 Å². The van der Waals surface area contributed by atoms with Gasteiger partial charge in [-0.25, -0.2) is 0 Å². The largest absolute Gasteiger partial charge is 0.494 e. The lowest BCUT2D eigenvalue weighted by molar-refractivity contribution is 0.289. The predicted molar refractivity (Wildman–Crippen MR) is 89.1 cm³/mol. The molecule has 0 radical (unpaired) electrons. The first-order valence-electron chi connectivity index (χ1n) is 7.31. The van der Waals surface area contributed by atoms with Crippen molar-refractivity contribution < 1.29 is 4.74 Å². The van der Waals surface area contributed by atoms with Crippen molar-refractivity contribution in [2.45, 2.75) is 20.3 Å². The molecular weight excluding hydrogens is 260 g/mol. The van der Waals surface area contributed by atoms with E-state index in [9.17, 15) is 0 Å². The van der Waals surface area contributed by atoms with Gasteiger partial charge in [0.05, 0.1) is 18.5 Å². The first-order valence-corrected chi connectivity index (χ1v) is 7.31. The Balaban J connectivity index is 1.82. The van der Waals surface area contributed by atoms with Gasteiger partial charge in [0.15, 0.2) is 0 Å². The Bertz CT molecular complexity index is 547. The number of hydrazone groups is 1. The second-order valence-corrected chi connectivity index (χ2v) is 5.34. The Morgan fingerprint density at radius 2 is 1.76 bits per heavy atom. The van der Waals surface area contributed by atoms with Crippen molar-refractivity contribution >= 4 is 11.9 Å². The summed E-state index contributed by atoms with van der Waals surface area (Å²) in [7, 11) is 0. The number of anilines is 1. The number of rotatable bonds is 7. The van der Waals surface area contributed by atoms with Gasteiger partial charge in [-0.1, -0.05) is 32.0 Å². The van der Waals surface area contributed by atoms with E-state index in [4.69, 9.17) is 4.74 Å². The molecule has 0 aliphatic carbocycles. The van der Waals surface area contributed by atoms with Crippen molar-refractivity contribution in [1.29, 1.82) is 0 Å². The van der Waals surface area contributed by atoms with Gasteiger partial charge in [0.1, 0.15) is 5.75 Å². The van der Waals surface area contributed by atoms with Crippen LogP contribution in [0.5, 0.6) is 5.75 Å². The fraction of sp³-hybridized carbons (Fsp3) is 0.278. The Hall–Kier alpha value is -2.29. The molecule has 3 heteroatoms. The maximum absolute atomic E-state index is 5.69. The molecule has 3 nitrogen and oxygen atoms in total. The highest BCUT2D eigenvalue weighted by atomic mass is 16.5. The van der Waals surface area contributed by atoms with E-state index in [-0.39, 0.29) is 0 Å². The van der Waals surface area contributed by atoms with Crippen LogP contribution in [-0.4, -0.2) is 12.8 Å². The first kappa shape index (κ1) is 15.1. The van der Waals surface area contributed by atoms with E-state index in [0.717, 1.165) is 30.0 Å². The Morgan fingerprint density at radius 3 is 2.43 bits per heavy atom. The van der Waals surface area contributed by atoms with Gasteiger partial charge in [0.25, 0.3) is 0 Å². The third kappa shape index (κ3) is 5.69. The molecule has 0 heterocycles. The number of benzene rings is 2. The second-order valence-electron chi connectivity index (χ2n) is 5.34. The normalized spacial score (nSPS) is 11.0. The van der Waals surface area contributed by atoms with Crippen LogP contribution in [0, 0.1) is 5.92 Å². The van der Waals surface area contributed by atoms with Crippen molar-refractivity contribution in [3.8, 4) is 5.75 Å². The minimum Gasteiger partial charge on any atom is -0.494 e. The van der Waals surface area contributed by atoms with E-state index in [2.05, 4.69) is 24.4 Å². The Labute approximate surface area is 126 Å². The van der Waals surface area contributed by atoms with Crippen LogP contribution in [0.15, 0.2) is 59.7 Å². The fourth-order valence-corrected chi connectivity index (χ4v) is 1.76. The summed E-state index contributed by atoms with van der Waals surface area (Å²) in [6.07, 6.45) is 2.87. The van der Waals surface area contributed by atoms with Crippen LogP contribution in [0.3, 0.4) is 0 Å². The molecular formula is C18H22N2O. The van der Waals surface area contributed by atoms with Gasteiger partial charge in [-0.05, 0) is 54.3 Å². The average Bonchev–Trinajstić information content (AvgIpc) is 2.50. The lowest BCUT2D eigenvalue weighted by Gasteiger charge is -2.07. The zero-order valence-corrected chi connectivity index (χ0v) is 12.6. The van der Waals surface area contributed by atoms with E-state index >= 15 is 0 Å². The maximum atomic E-state index is 5.69. The second kappa shape index (κ2) is 8.10. The van der Waals surface area contributed by atoms with E-state index in [1.807, 2.05) is 54.6 Å². The molecule has 0 aromatic heterocycles. The third-order valence-electron chi connectivity index (χ3n) is 3.03. The van der Waals surface area contributed by atoms with Crippen molar-refractivity contribution in [1.82, 2.24) is 0 Å². The quantitative estimate of drug-likeness (QED) is 0.596. The molecule has 0 spiro atoms. The van der Waals surface area contributed by atoms with Crippen LogP contribution in [0.2, 0.25) is 0 Å². The zero-order valence-electron chi connectivity index (χ0n) is 12.6. The summed E-state index contributed by atoms with van der Waals surface area (Å²) in [6.45, 7) is 5.16. The molecule has 0 saturated heterocycles. The summed E-state index contributed by atoms with van der Waals surface area (Å²) >= 11 is 0. The maximum Gasteiger partial charge on any atom is 0.119 e. The van der Waals surface area contributed by atoms with Crippen LogP contribution in [0.25, 0.3) is 0 Å². The smallest absolute Gasteiger partial charge is 0.119 e. The monoisotopic (exact) mass is 282 g/mol. The summed E-state index contributed by atoms with van der Waals surface area (Å²) in [5.41, 5.74) is 5.00. The van der Waals surface area contributed by atoms with Gasteiger partial charge < -0.3 is 4.74 Å². The standard InChI is InChI=1S/C18H22N2O/c1-15(2)12-13-21-18-10-8-16(9-11-18)14-19-20-17-6-4-3-5-7-17/h3-11,14-15,20H,12-13H2,1-2H3. The zero-order chi connectivity index (χ0) is 14.9. The molecule has 0 aliphatic rings. The number of para-hydroxylation sites is 1. The summed E-state index contributed by atoms with van der Waals surface area (Å²) in [5, 5.41) is 4.21. The minimum absolute atomic E-state index is 0.667. The van der Waals surface area contributed by atoms with Crippen LogP contribution in [-0.2, 0) is 0 Å². The molecule has 0 aliphatic heterocycles. The Kier molecular flexibility index (Phi) is 5.83. The Morgan fingerprint density at radius 1 is 1.05 bits per heavy atom. The number of hydrogen-bond donors (Lipinski definition) is 1. The van der Waals surface area contributed by atoms with Gasteiger partial charge in [-0.3, -0.25) is 5.43 Å². The molecule has 2 aromatic rings. The highest BCUT2D eigenvalue weighted by Gasteiger charge is 1.96. The molecule has 0 atom stereocenters. The third-order valence-corrected chi connectivity index (χ3v) is 3.03. The van der Waals surface area contributed by atoms with Gasteiger partial charge >= 0.3 is 0 Å². The van der Waals surface area contributed by atoms with E-state index in [0.29, 0.717) is 5.92 Å². The molecule has 2 rings (SSSR count). The summed E-state index contributed by atoms with van der Waals surface area (Å²) < 4.78 is 5.69. The number of nitrogens with zero attached hydrogens (tertiary/aromatic N) is 1. The lowest BCUT2D eigenvalue weighted by atomic mass is 10.1. The number of ether oxygens (including phenoxy) is 1. The topological polar surface area (TPSA) is 33.6 Å². The number of nitrogens with one attached hydrogen (secondary N) is 1. The molecule has 0 amide bonds. The van der Waals surface area contributed by atoms with Crippen LogP contribution in [0.1, 0.15) is 25.8 Å². The lowest BCUT2D eigenvalue weighted by Crippen LogP contribution is -2.01. The predicted octanol–water partition coefficient (Wildman–Crippen LogP) is 4.56. The SMILES string of the molecule is CC(C)CCOc1ccc(C=NNc2ccccc2)cc1. The molecule has 21 heavy (non-hydrogen) atoms. The van der Waals surface area contributed by atoms with Gasteiger partial charge in [0, 0.05) is 0 Å². The van der Waals surface area contributed by atoms with Gasteiger partial charge in [0.2, 0.25) is 0 Å². The molecule has 2 aromatic carbocycles.